The zero-order chi connectivity index (χ0) is 9.78. The quantitative estimate of drug-likeness (QED) is 0.544. The fourth-order valence-electron chi connectivity index (χ4n) is 0.695. The number of rotatable bonds is 5. The van der Waals surface area contributed by atoms with E-state index < -0.39 is 10.9 Å². The van der Waals surface area contributed by atoms with Crippen molar-refractivity contribution in [1.82, 2.24) is 0 Å². The maximum Gasteiger partial charge on any atom is 0.131 e. The minimum Gasteiger partial charge on any atom is -0.550 e. The summed E-state index contributed by atoms with van der Waals surface area (Å²) >= 11 is 0. The number of hydrogen-bond donors (Lipinski definition) is 2. The minimum absolute atomic E-state index is 0.0388. The predicted octanol–water partition coefficient (Wildman–Crippen LogP) is -0.724. The van der Waals surface area contributed by atoms with Crippen molar-refractivity contribution >= 4 is 0 Å². The van der Waals surface area contributed by atoms with Crippen LogP contribution in [0.1, 0.15) is 33.6 Å². The Bertz CT molecular complexity index is 126. The highest BCUT2D eigenvalue weighted by Gasteiger charge is 2.26. The Morgan fingerprint density at radius 3 is 2.08 bits per heavy atom. The van der Waals surface area contributed by atoms with Gasteiger partial charge in [0, 0.05) is 0 Å². The highest BCUT2D eigenvalue weighted by Crippen LogP contribution is 2.15. The fraction of sp³-hybridized carbons (Fsp3) is 1.00. The smallest absolute Gasteiger partial charge is 0.131 e. The largest absolute Gasteiger partial charge is 0.550 e. The van der Waals surface area contributed by atoms with Crippen molar-refractivity contribution in [3.05, 3.63) is 11.0 Å². The van der Waals surface area contributed by atoms with E-state index in [4.69, 9.17) is 10.7 Å². The molecule has 0 aliphatic rings. The molecule has 12 heavy (non-hydrogen) atoms. The van der Waals surface area contributed by atoms with Crippen molar-refractivity contribution in [3.63, 3.8) is 0 Å². The number of hydrogen-bond acceptors (Lipinski definition) is 2. The van der Waals surface area contributed by atoms with E-state index in [1.807, 2.05) is 20.8 Å². The summed E-state index contributed by atoms with van der Waals surface area (Å²) in [7, 11) is 1.44. The fourth-order valence-corrected chi connectivity index (χ4v) is 0.695. The van der Waals surface area contributed by atoms with Gasteiger partial charge in [-0.2, -0.15) is 0 Å². The van der Waals surface area contributed by atoms with Gasteiger partial charge in [-0.3, -0.25) is 0 Å². The first-order valence-electron chi connectivity index (χ1n) is 4.23. The second-order valence-electron chi connectivity index (χ2n) is 3.17. The number of nitrogens with one attached hydrogen (secondary N) is 3. The Morgan fingerprint density at radius 1 is 1.42 bits per heavy atom. The van der Waals surface area contributed by atoms with Crippen molar-refractivity contribution < 1.29 is 15.3 Å². The summed E-state index contributed by atoms with van der Waals surface area (Å²) in [6.45, 7) is 5.82. The monoisotopic (exact) mass is 177 g/mol. The molecule has 0 amide bonds. The summed E-state index contributed by atoms with van der Waals surface area (Å²) in [5, 5.41) is 10.5. The molecule has 0 aromatic heterocycles. The average molecular weight is 177 g/mol. The van der Waals surface area contributed by atoms with Crippen LogP contribution in [0.4, 0.5) is 0 Å². The standard InChI is InChI=1S/C7H19N3O2/c1-5-7(3,6-2)12-10(11)9(4)8/h8-10H,5-6H2,1-4H3. The van der Waals surface area contributed by atoms with Crippen LogP contribution in [0, 0.1) is 5.21 Å². The molecule has 5 heteroatoms. The average Bonchev–Trinajstić information content (AvgIpc) is 2.04. The molecular weight excluding hydrogens is 158 g/mol. The first-order chi connectivity index (χ1) is 5.45. The molecule has 0 aliphatic carbocycles. The van der Waals surface area contributed by atoms with Crippen LogP contribution >= 0.6 is 0 Å². The normalized spacial score (nSPS) is 17.5. The summed E-state index contributed by atoms with van der Waals surface area (Å²) in [5.41, 5.74) is -0.403. The van der Waals surface area contributed by atoms with Gasteiger partial charge in [-0.15, -0.1) is 4.84 Å². The summed E-state index contributed by atoms with van der Waals surface area (Å²) in [6, 6.07) is 0. The molecule has 3 N–H and O–H groups in total. The van der Waals surface area contributed by atoms with E-state index in [-0.39, 0.29) is 5.12 Å². The van der Waals surface area contributed by atoms with E-state index in [0.29, 0.717) is 0 Å². The van der Waals surface area contributed by atoms with E-state index in [9.17, 15) is 5.21 Å². The lowest BCUT2D eigenvalue weighted by Gasteiger charge is -2.34. The summed E-state index contributed by atoms with van der Waals surface area (Å²) in [6.07, 6.45) is 1.56. The number of quaternary nitrogens is 2. The zero-order valence-corrected chi connectivity index (χ0v) is 8.23. The molecule has 2 atom stereocenters. The SMILES string of the molecule is CCC(C)(CC)O[NH+]([O-])[NH+](C)[NH-]. The van der Waals surface area contributed by atoms with Crippen molar-refractivity contribution in [3.8, 4) is 0 Å². The Morgan fingerprint density at radius 2 is 1.83 bits per heavy atom. The summed E-state index contributed by atoms with van der Waals surface area (Å²) in [5.74, 6) is 7.06. The molecule has 0 bridgehead atoms. The Kier molecular flexibility index (Phi) is 4.66. The highest BCUT2D eigenvalue weighted by molar-refractivity contribution is 4.67. The van der Waals surface area contributed by atoms with Gasteiger partial charge in [0.25, 0.3) is 0 Å². The van der Waals surface area contributed by atoms with E-state index in [0.717, 1.165) is 12.8 Å². The van der Waals surface area contributed by atoms with Crippen LogP contribution in [0.2, 0.25) is 0 Å². The molecule has 0 saturated carbocycles. The molecular formula is C7H19N3O2. The maximum absolute atomic E-state index is 11.0. The lowest BCUT2D eigenvalue weighted by molar-refractivity contribution is -1.54. The highest BCUT2D eigenvalue weighted by atomic mass is 16.9. The lowest BCUT2D eigenvalue weighted by atomic mass is 10.0. The lowest BCUT2D eigenvalue weighted by Crippen LogP contribution is -3.53. The Labute approximate surface area is 73.5 Å². The molecule has 2 unspecified atom stereocenters. The molecule has 0 fully saturated rings. The van der Waals surface area contributed by atoms with E-state index >= 15 is 0 Å². The minimum atomic E-state index is -0.513. The Balaban J connectivity index is 4.02. The van der Waals surface area contributed by atoms with Gasteiger partial charge in [-0.05, 0) is 19.8 Å². The van der Waals surface area contributed by atoms with Gasteiger partial charge >= 0.3 is 0 Å². The van der Waals surface area contributed by atoms with Crippen LogP contribution in [-0.4, -0.2) is 12.6 Å². The molecule has 0 aromatic rings. The van der Waals surface area contributed by atoms with E-state index in [1.54, 1.807) is 0 Å². The molecule has 0 spiro atoms. The molecule has 0 saturated heterocycles. The molecule has 0 aliphatic heterocycles. The summed E-state index contributed by atoms with van der Waals surface area (Å²) in [4.78, 5) is 5.13. The van der Waals surface area contributed by atoms with Gasteiger partial charge in [-0.25, -0.2) is 5.12 Å². The topological polar surface area (TPSA) is 65.0 Å². The molecule has 0 aromatic carbocycles. The first-order valence-corrected chi connectivity index (χ1v) is 4.23. The van der Waals surface area contributed by atoms with Gasteiger partial charge in [0.2, 0.25) is 0 Å². The molecule has 5 nitrogen and oxygen atoms in total. The maximum atomic E-state index is 11.0. The zero-order valence-electron chi connectivity index (χ0n) is 8.23. The van der Waals surface area contributed by atoms with Gasteiger partial charge in [-0.1, -0.05) is 19.2 Å². The molecule has 0 rings (SSSR count). The van der Waals surface area contributed by atoms with E-state index in [2.05, 4.69) is 0 Å². The van der Waals surface area contributed by atoms with Crippen molar-refractivity contribution in [2.45, 2.75) is 39.2 Å². The van der Waals surface area contributed by atoms with E-state index in [1.165, 1.54) is 7.05 Å². The molecule has 0 radical (unpaired) electrons. The predicted molar refractivity (Wildman–Crippen MR) is 45.6 cm³/mol. The van der Waals surface area contributed by atoms with Crippen LogP contribution in [-0.2, 0) is 4.84 Å². The second kappa shape index (κ2) is 4.74. The van der Waals surface area contributed by atoms with Gasteiger partial charge in [0.05, 0.1) is 0 Å². The van der Waals surface area contributed by atoms with Gasteiger partial charge < -0.3 is 11.0 Å². The van der Waals surface area contributed by atoms with Gasteiger partial charge in [0.15, 0.2) is 0 Å². The summed E-state index contributed by atoms with van der Waals surface area (Å²) < 4.78 is 0. The second-order valence-corrected chi connectivity index (χ2v) is 3.17. The third kappa shape index (κ3) is 3.46. The van der Waals surface area contributed by atoms with Crippen LogP contribution in [0.25, 0.3) is 5.84 Å². The van der Waals surface area contributed by atoms with Crippen LogP contribution in [0.5, 0.6) is 0 Å². The Hall–Kier alpha value is -0.200. The molecule has 0 heterocycles. The van der Waals surface area contributed by atoms with Crippen molar-refractivity contribution in [1.29, 1.82) is 0 Å². The van der Waals surface area contributed by atoms with Crippen LogP contribution in [0.15, 0.2) is 0 Å². The van der Waals surface area contributed by atoms with Crippen LogP contribution in [0.3, 0.4) is 0 Å². The third-order valence-corrected chi connectivity index (χ3v) is 2.14. The van der Waals surface area contributed by atoms with Crippen molar-refractivity contribution in [2.75, 3.05) is 7.05 Å². The molecule has 74 valence electrons. The van der Waals surface area contributed by atoms with Crippen LogP contribution < -0.4 is 10.5 Å². The van der Waals surface area contributed by atoms with Gasteiger partial charge in [0.1, 0.15) is 12.6 Å². The third-order valence-electron chi connectivity index (χ3n) is 2.14. The first kappa shape index (κ1) is 11.8. The van der Waals surface area contributed by atoms with Crippen molar-refractivity contribution in [2.24, 2.45) is 0 Å².